The summed E-state index contributed by atoms with van der Waals surface area (Å²) < 4.78 is 4.89. The van der Waals surface area contributed by atoms with Gasteiger partial charge >= 0.3 is 5.97 Å². The number of ether oxygens (including phenoxy) is 1. The second-order valence-corrected chi connectivity index (χ2v) is 9.18. The first-order valence-corrected chi connectivity index (χ1v) is 11.6. The Balaban J connectivity index is 1.45. The van der Waals surface area contributed by atoms with Gasteiger partial charge in [-0.1, -0.05) is 18.1 Å². The zero-order valence-electron chi connectivity index (χ0n) is 19.4. The number of esters is 1. The minimum absolute atomic E-state index is 0.175. The molecule has 0 unspecified atom stereocenters. The molecule has 0 bridgehead atoms. The number of nitrogens with zero attached hydrogens (tertiary/aromatic N) is 2. The summed E-state index contributed by atoms with van der Waals surface area (Å²) >= 11 is 0. The number of piperidine rings is 2. The molecule has 2 fully saturated rings. The van der Waals surface area contributed by atoms with E-state index in [4.69, 9.17) is 10.5 Å². The summed E-state index contributed by atoms with van der Waals surface area (Å²) in [4.78, 5) is 45.0. The number of hydrogen-bond donors (Lipinski definition) is 3. The number of likely N-dealkylation sites (tertiary alicyclic amines) is 2. The standard InChI is InChI=1S/C24H33N5O4/c1-16-6-7-18-17(14-16)20(21(26-18)22(31)33-2)27-19(30)15-28-12-8-24(9-13-28,23(25)32)29-10-4-3-5-11-29/h6-7,14,26H,3-5,8-13,15H2,1-2H3,(H2,25,32)(H,27,30). The van der Waals surface area contributed by atoms with E-state index in [1.54, 1.807) is 0 Å². The maximum absolute atomic E-state index is 12.9. The van der Waals surface area contributed by atoms with Gasteiger partial charge in [0.15, 0.2) is 0 Å². The van der Waals surface area contributed by atoms with Crippen LogP contribution >= 0.6 is 0 Å². The number of nitrogens with two attached hydrogens (primary N) is 1. The number of aryl methyl sites for hydroxylation is 1. The number of carbonyl (C=O) groups is 3. The highest BCUT2D eigenvalue weighted by Gasteiger charge is 2.45. The summed E-state index contributed by atoms with van der Waals surface area (Å²) in [5.41, 5.74) is 7.68. The average Bonchev–Trinajstić information content (AvgIpc) is 3.17. The van der Waals surface area contributed by atoms with Crippen molar-refractivity contribution in [2.75, 3.05) is 45.2 Å². The van der Waals surface area contributed by atoms with Crippen LogP contribution in [0.4, 0.5) is 5.69 Å². The molecule has 0 radical (unpaired) electrons. The minimum Gasteiger partial charge on any atom is -0.464 e. The van der Waals surface area contributed by atoms with E-state index in [2.05, 4.69) is 15.2 Å². The molecule has 9 heteroatoms. The summed E-state index contributed by atoms with van der Waals surface area (Å²) in [6.07, 6.45) is 4.62. The largest absolute Gasteiger partial charge is 0.464 e. The Morgan fingerprint density at radius 1 is 1.12 bits per heavy atom. The predicted octanol–water partition coefficient (Wildman–Crippen LogP) is 2.01. The lowest BCUT2D eigenvalue weighted by Gasteiger charge is -2.48. The summed E-state index contributed by atoms with van der Waals surface area (Å²) in [5, 5.41) is 3.68. The fraction of sp³-hybridized carbons (Fsp3) is 0.542. The molecule has 178 valence electrons. The molecule has 2 aliphatic rings. The van der Waals surface area contributed by atoms with Crippen molar-refractivity contribution < 1.29 is 19.1 Å². The monoisotopic (exact) mass is 455 g/mol. The van der Waals surface area contributed by atoms with E-state index in [1.807, 2.05) is 30.0 Å². The van der Waals surface area contributed by atoms with Crippen LogP contribution in [0.25, 0.3) is 10.9 Å². The summed E-state index contributed by atoms with van der Waals surface area (Å²) in [6, 6.07) is 5.74. The highest BCUT2D eigenvalue weighted by atomic mass is 16.5. The van der Waals surface area contributed by atoms with Crippen molar-refractivity contribution in [3.63, 3.8) is 0 Å². The van der Waals surface area contributed by atoms with E-state index in [-0.39, 0.29) is 24.1 Å². The van der Waals surface area contributed by atoms with Gasteiger partial charge < -0.3 is 20.8 Å². The summed E-state index contributed by atoms with van der Waals surface area (Å²) in [6.45, 7) is 5.16. The molecule has 2 aliphatic heterocycles. The third-order valence-electron chi connectivity index (χ3n) is 7.08. The molecule has 1 aromatic heterocycles. The minimum atomic E-state index is -0.611. The second-order valence-electron chi connectivity index (χ2n) is 9.18. The van der Waals surface area contributed by atoms with E-state index >= 15 is 0 Å². The van der Waals surface area contributed by atoms with Crippen LogP contribution in [-0.2, 0) is 14.3 Å². The SMILES string of the molecule is COC(=O)c1[nH]c2ccc(C)cc2c1NC(=O)CN1CCC(C(N)=O)(N2CCCCC2)CC1. The van der Waals surface area contributed by atoms with Crippen LogP contribution in [0.15, 0.2) is 18.2 Å². The molecule has 33 heavy (non-hydrogen) atoms. The quantitative estimate of drug-likeness (QED) is 0.573. The van der Waals surface area contributed by atoms with Crippen LogP contribution < -0.4 is 11.1 Å². The van der Waals surface area contributed by atoms with E-state index in [1.165, 1.54) is 13.5 Å². The first kappa shape index (κ1) is 23.3. The van der Waals surface area contributed by atoms with Crippen molar-refractivity contribution in [2.24, 2.45) is 5.73 Å². The van der Waals surface area contributed by atoms with E-state index in [9.17, 15) is 14.4 Å². The Bertz CT molecular complexity index is 1050. The zero-order valence-corrected chi connectivity index (χ0v) is 19.4. The first-order valence-electron chi connectivity index (χ1n) is 11.6. The fourth-order valence-corrected chi connectivity index (χ4v) is 5.19. The summed E-state index contributed by atoms with van der Waals surface area (Å²) in [5.74, 6) is -1.01. The van der Waals surface area contributed by atoms with Crippen LogP contribution in [0.1, 0.15) is 48.2 Å². The zero-order chi connectivity index (χ0) is 23.6. The van der Waals surface area contributed by atoms with Gasteiger partial charge in [-0.3, -0.25) is 19.4 Å². The van der Waals surface area contributed by atoms with Gasteiger partial charge in [0, 0.05) is 24.0 Å². The number of H-pyrrole nitrogens is 1. The molecular formula is C24H33N5O4. The van der Waals surface area contributed by atoms with E-state index in [0.29, 0.717) is 31.6 Å². The maximum Gasteiger partial charge on any atom is 0.356 e. The van der Waals surface area contributed by atoms with Crippen LogP contribution in [-0.4, -0.2) is 77.9 Å². The molecular weight excluding hydrogens is 422 g/mol. The van der Waals surface area contributed by atoms with Crippen LogP contribution in [0, 0.1) is 6.92 Å². The number of nitrogens with one attached hydrogen (secondary N) is 2. The maximum atomic E-state index is 12.9. The lowest BCUT2D eigenvalue weighted by atomic mass is 9.83. The molecule has 2 amide bonds. The first-order chi connectivity index (χ1) is 15.8. The second kappa shape index (κ2) is 9.52. The van der Waals surface area contributed by atoms with Crippen LogP contribution in [0.2, 0.25) is 0 Å². The van der Waals surface area contributed by atoms with Crippen molar-refractivity contribution in [2.45, 2.75) is 44.6 Å². The van der Waals surface area contributed by atoms with Crippen LogP contribution in [0.5, 0.6) is 0 Å². The molecule has 0 saturated carbocycles. The lowest BCUT2D eigenvalue weighted by molar-refractivity contribution is -0.135. The molecule has 2 aromatic rings. The third kappa shape index (κ3) is 4.60. The van der Waals surface area contributed by atoms with Crippen molar-refractivity contribution in [3.8, 4) is 0 Å². The molecule has 0 atom stereocenters. The van der Waals surface area contributed by atoms with Gasteiger partial charge in [-0.25, -0.2) is 4.79 Å². The average molecular weight is 456 g/mol. The Kier molecular flexibility index (Phi) is 6.71. The number of primary amides is 1. The van der Waals surface area contributed by atoms with Gasteiger partial charge in [0.1, 0.15) is 11.2 Å². The van der Waals surface area contributed by atoms with E-state index in [0.717, 1.165) is 42.4 Å². The summed E-state index contributed by atoms with van der Waals surface area (Å²) in [7, 11) is 1.31. The third-order valence-corrected chi connectivity index (χ3v) is 7.08. The number of aromatic amines is 1. The number of fused-ring (bicyclic) bond motifs is 1. The molecule has 3 heterocycles. The topological polar surface area (TPSA) is 121 Å². The van der Waals surface area contributed by atoms with Gasteiger partial charge in [-0.15, -0.1) is 0 Å². The molecule has 2 saturated heterocycles. The number of methoxy groups -OCH3 is 1. The normalized spacial score (nSPS) is 19.3. The number of hydrogen-bond acceptors (Lipinski definition) is 6. The molecule has 4 rings (SSSR count). The number of aromatic nitrogens is 1. The predicted molar refractivity (Wildman–Crippen MR) is 126 cm³/mol. The Hall–Kier alpha value is -2.91. The van der Waals surface area contributed by atoms with Crippen molar-refractivity contribution in [1.29, 1.82) is 0 Å². The van der Waals surface area contributed by atoms with Gasteiger partial charge in [0.25, 0.3) is 0 Å². The van der Waals surface area contributed by atoms with Gasteiger partial charge in [-0.05, 0) is 57.8 Å². The Morgan fingerprint density at radius 3 is 2.45 bits per heavy atom. The van der Waals surface area contributed by atoms with Gasteiger partial charge in [0.2, 0.25) is 11.8 Å². The Labute approximate surface area is 193 Å². The van der Waals surface area contributed by atoms with Gasteiger partial charge in [0.05, 0.1) is 19.3 Å². The lowest BCUT2D eigenvalue weighted by Crippen LogP contribution is -2.63. The van der Waals surface area contributed by atoms with Crippen LogP contribution in [0.3, 0.4) is 0 Å². The number of rotatable bonds is 6. The number of amides is 2. The van der Waals surface area contributed by atoms with Gasteiger partial charge in [-0.2, -0.15) is 0 Å². The number of benzene rings is 1. The van der Waals surface area contributed by atoms with Crippen molar-refractivity contribution in [1.82, 2.24) is 14.8 Å². The number of anilines is 1. The fourth-order valence-electron chi connectivity index (χ4n) is 5.19. The Morgan fingerprint density at radius 2 is 1.82 bits per heavy atom. The highest BCUT2D eigenvalue weighted by Crippen LogP contribution is 2.32. The number of carbonyl (C=O) groups excluding carboxylic acids is 3. The molecule has 0 spiro atoms. The van der Waals surface area contributed by atoms with E-state index < -0.39 is 11.5 Å². The molecule has 4 N–H and O–H groups in total. The molecule has 1 aromatic carbocycles. The smallest absolute Gasteiger partial charge is 0.356 e. The van der Waals surface area contributed by atoms with Crippen molar-refractivity contribution >= 4 is 34.4 Å². The molecule has 9 nitrogen and oxygen atoms in total. The van der Waals surface area contributed by atoms with Crippen molar-refractivity contribution in [3.05, 3.63) is 29.5 Å². The highest BCUT2D eigenvalue weighted by molar-refractivity contribution is 6.11. The molecule has 0 aliphatic carbocycles.